The molecule has 2 atom stereocenters. The van der Waals surface area contributed by atoms with Crippen LogP contribution in [0.3, 0.4) is 0 Å². The minimum Gasteiger partial charge on any atom is -0.489 e. The van der Waals surface area contributed by atoms with Crippen LogP contribution in [-0.2, 0) is 11.3 Å². The van der Waals surface area contributed by atoms with Gasteiger partial charge in [-0.2, -0.15) is 0 Å². The van der Waals surface area contributed by atoms with Crippen molar-refractivity contribution in [2.45, 2.75) is 38.5 Å². The molecule has 0 N–H and O–H groups in total. The minimum atomic E-state index is -0.268. The Morgan fingerprint density at radius 1 is 1.65 bits per heavy atom. The fourth-order valence-electron chi connectivity index (χ4n) is 1.99. The summed E-state index contributed by atoms with van der Waals surface area (Å²) in [6.07, 6.45) is 3.74. The minimum absolute atomic E-state index is 0.0652. The highest BCUT2D eigenvalue weighted by atomic mass is 35.5. The third-order valence-electron chi connectivity index (χ3n) is 2.88. The Bertz CT molecular complexity index is 461. The summed E-state index contributed by atoms with van der Waals surface area (Å²) >= 11 is 5.76. The average Bonchev–Trinajstić information content (AvgIpc) is 2.69. The molecule has 1 aromatic heterocycles. The SMILES string of the molecule is COc1c(Cl)ncn(CC2CCC(C)O2)c1=O. The van der Waals surface area contributed by atoms with Gasteiger partial charge in [-0.1, -0.05) is 11.6 Å². The van der Waals surface area contributed by atoms with Gasteiger partial charge in [-0.15, -0.1) is 0 Å². The van der Waals surface area contributed by atoms with Crippen molar-refractivity contribution in [3.05, 3.63) is 21.8 Å². The van der Waals surface area contributed by atoms with Crippen LogP contribution in [0.25, 0.3) is 0 Å². The molecule has 1 fully saturated rings. The lowest BCUT2D eigenvalue weighted by Gasteiger charge is -2.13. The Balaban J connectivity index is 2.19. The normalized spacial score (nSPS) is 23.9. The lowest BCUT2D eigenvalue weighted by Crippen LogP contribution is -2.27. The Hall–Kier alpha value is -1.07. The second-order valence-corrected chi connectivity index (χ2v) is 4.53. The monoisotopic (exact) mass is 258 g/mol. The molecule has 1 aromatic rings. The van der Waals surface area contributed by atoms with Gasteiger partial charge >= 0.3 is 0 Å². The van der Waals surface area contributed by atoms with E-state index in [2.05, 4.69) is 4.98 Å². The van der Waals surface area contributed by atoms with Crippen LogP contribution in [0.15, 0.2) is 11.1 Å². The molecule has 2 unspecified atom stereocenters. The average molecular weight is 259 g/mol. The molecule has 0 spiro atoms. The molecule has 0 saturated carbocycles. The van der Waals surface area contributed by atoms with Gasteiger partial charge in [0.15, 0.2) is 5.15 Å². The first-order valence-electron chi connectivity index (χ1n) is 5.56. The van der Waals surface area contributed by atoms with Gasteiger partial charge in [0.2, 0.25) is 5.75 Å². The van der Waals surface area contributed by atoms with Crippen molar-refractivity contribution in [3.8, 4) is 5.75 Å². The quantitative estimate of drug-likeness (QED) is 0.771. The maximum absolute atomic E-state index is 11.9. The van der Waals surface area contributed by atoms with E-state index in [1.54, 1.807) is 0 Å². The summed E-state index contributed by atoms with van der Waals surface area (Å²) in [6, 6.07) is 0. The molecular formula is C11H15ClN2O3. The highest BCUT2D eigenvalue weighted by molar-refractivity contribution is 6.30. The van der Waals surface area contributed by atoms with E-state index in [-0.39, 0.29) is 28.7 Å². The molecule has 6 heteroatoms. The molecular weight excluding hydrogens is 244 g/mol. The van der Waals surface area contributed by atoms with Crippen molar-refractivity contribution >= 4 is 11.6 Å². The van der Waals surface area contributed by atoms with Gasteiger partial charge in [-0.3, -0.25) is 9.36 Å². The van der Waals surface area contributed by atoms with E-state index in [0.717, 1.165) is 12.8 Å². The highest BCUT2D eigenvalue weighted by Gasteiger charge is 2.23. The second kappa shape index (κ2) is 5.06. The summed E-state index contributed by atoms with van der Waals surface area (Å²) in [6.45, 7) is 2.52. The molecule has 1 saturated heterocycles. The number of halogens is 1. The first kappa shape index (κ1) is 12.4. The predicted molar refractivity (Wildman–Crippen MR) is 63.6 cm³/mol. The fraction of sp³-hybridized carbons (Fsp3) is 0.636. The second-order valence-electron chi connectivity index (χ2n) is 4.17. The van der Waals surface area contributed by atoms with Gasteiger partial charge in [0.25, 0.3) is 5.56 Å². The first-order valence-corrected chi connectivity index (χ1v) is 5.94. The molecule has 0 aromatic carbocycles. The molecule has 17 heavy (non-hydrogen) atoms. The van der Waals surface area contributed by atoms with Gasteiger partial charge in [-0.05, 0) is 19.8 Å². The molecule has 94 valence electrons. The summed E-state index contributed by atoms with van der Waals surface area (Å²) in [4.78, 5) is 15.9. The Morgan fingerprint density at radius 3 is 3.00 bits per heavy atom. The van der Waals surface area contributed by atoms with E-state index in [1.165, 1.54) is 18.0 Å². The number of methoxy groups -OCH3 is 1. The van der Waals surface area contributed by atoms with Crippen LogP contribution in [0.4, 0.5) is 0 Å². The van der Waals surface area contributed by atoms with E-state index < -0.39 is 0 Å². The van der Waals surface area contributed by atoms with Gasteiger partial charge in [0, 0.05) is 0 Å². The van der Waals surface area contributed by atoms with Gasteiger partial charge < -0.3 is 9.47 Å². The van der Waals surface area contributed by atoms with Crippen LogP contribution >= 0.6 is 11.6 Å². The zero-order chi connectivity index (χ0) is 12.4. The number of nitrogens with zero attached hydrogens (tertiary/aromatic N) is 2. The lowest BCUT2D eigenvalue weighted by molar-refractivity contribution is 0.0449. The highest BCUT2D eigenvalue weighted by Crippen LogP contribution is 2.21. The van der Waals surface area contributed by atoms with Gasteiger partial charge in [0.1, 0.15) is 0 Å². The maximum Gasteiger partial charge on any atom is 0.297 e. The van der Waals surface area contributed by atoms with Crippen molar-refractivity contribution in [3.63, 3.8) is 0 Å². The molecule has 0 radical (unpaired) electrons. The van der Waals surface area contributed by atoms with Crippen LogP contribution in [-0.4, -0.2) is 28.9 Å². The summed E-state index contributed by atoms with van der Waals surface area (Å²) in [5.74, 6) is 0.0835. The maximum atomic E-state index is 11.9. The zero-order valence-corrected chi connectivity index (χ0v) is 10.6. The Morgan fingerprint density at radius 2 is 2.41 bits per heavy atom. The van der Waals surface area contributed by atoms with Crippen LogP contribution in [0.5, 0.6) is 5.75 Å². The van der Waals surface area contributed by atoms with Gasteiger partial charge in [-0.25, -0.2) is 4.98 Å². The van der Waals surface area contributed by atoms with Crippen molar-refractivity contribution < 1.29 is 9.47 Å². The summed E-state index contributed by atoms with van der Waals surface area (Å²) in [5.41, 5.74) is -0.268. The Labute approximate surface area is 104 Å². The van der Waals surface area contributed by atoms with Crippen molar-refractivity contribution in [1.82, 2.24) is 9.55 Å². The predicted octanol–water partition coefficient (Wildman–Crippen LogP) is 1.47. The molecule has 0 aliphatic carbocycles. The summed E-state index contributed by atoms with van der Waals surface area (Å²) in [5, 5.41) is 0.0921. The van der Waals surface area contributed by atoms with E-state index >= 15 is 0 Å². The van der Waals surface area contributed by atoms with Crippen molar-refractivity contribution in [2.24, 2.45) is 0 Å². The third-order valence-corrected chi connectivity index (χ3v) is 3.15. The molecule has 1 aliphatic rings. The van der Waals surface area contributed by atoms with Crippen LogP contribution < -0.4 is 10.3 Å². The molecule has 0 bridgehead atoms. The fourth-order valence-corrected chi connectivity index (χ4v) is 2.19. The number of hydrogen-bond donors (Lipinski definition) is 0. The number of rotatable bonds is 3. The van der Waals surface area contributed by atoms with Crippen LogP contribution in [0, 0.1) is 0 Å². The summed E-state index contributed by atoms with van der Waals surface area (Å²) < 4.78 is 12.1. The molecule has 0 amide bonds. The smallest absolute Gasteiger partial charge is 0.297 e. The number of aromatic nitrogens is 2. The number of hydrogen-bond acceptors (Lipinski definition) is 4. The largest absolute Gasteiger partial charge is 0.489 e. The zero-order valence-electron chi connectivity index (χ0n) is 9.85. The van der Waals surface area contributed by atoms with E-state index in [4.69, 9.17) is 21.1 Å². The van der Waals surface area contributed by atoms with Crippen LogP contribution in [0.2, 0.25) is 5.15 Å². The molecule has 2 rings (SSSR count). The van der Waals surface area contributed by atoms with E-state index in [1.807, 2.05) is 6.92 Å². The lowest BCUT2D eigenvalue weighted by atomic mass is 10.2. The van der Waals surface area contributed by atoms with E-state index in [9.17, 15) is 4.79 Å². The standard InChI is InChI=1S/C11H15ClN2O3/c1-7-3-4-8(17-7)5-14-6-13-10(12)9(16-2)11(14)15/h6-8H,3-5H2,1-2H3. The summed E-state index contributed by atoms with van der Waals surface area (Å²) in [7, 11) is 1.41. The van der Waals surface area contributed by atoms with Crippen molar-refractivity contribution in [2.75, 3.05) is 7.11 Å². The topological polar surface area (TPSA) is 53.4 Å². The molecule has 5 nitrogen and oxygen atoms in total. The molecule has 2 heterocycles. The third kappa shape index (κ3) is 2.61. The number of ether oxygens (including phenoxy) is 2. The molecule has 1 aliphatic heterocycles. The Kier molecular flexibility index (Phi) is 3.69. The van der Waals surface area contributed by atoms with Crippen molar-refractivity contribution in [1.29, 1.82) is 0 Å². The first-order chi connectivity index (χ1) is 8.11. The van der Waals surface area contributed by atoms with E-state index in [0.29, 0.717) is 6.54 Å². The van der Waals surface area contributed by atoms with Gasteiger partial charge in [0.05, 0.1) is 32.2 Å². The van der Waals surface area contributed by atoms with Crippen LogP contribution in [0.1, 0.15) is 19.8 Å².